The number of nitrogens with two attached hydrogens (primary N) is 1. The van der Waals surface area contributed by atoms with Crippen LogP contribution in [0.3, 0.4) is 0 Å². The number of hydrogen-bond acceptors (Lipinski definition) is 3. The minimum atomic E-state index is 0.319. The molecule has 0 amide bonds. The van der Waals surface area contributed by atoms with E-state index in [4.69, 9.17) is 11.0 Å². The van der Waals surface area contributed by atoms with E-state index in [0.29, 0.717) is 11.3 Å². The zero-order valence-electron chi connectivity index (χ0n) is 18.3. The molecular formula is C25H36N2S. The summed E-state index contributed by atoms with van der Waals surface area (Å²) in [6.45, 7) is 14.9. The Labute approximate surface area is 176 Å². The Kier molecular flexibility index (Phi) is 13.0. The smallest absolute Gasteiger partial charge is 0.0992 e. The first-order valence-electron chi connectivity index (χ1n) is 9.67. The van der Waals surface area contributed by atoms with Gasteiger partial charge in [0, 0.05) is 10.8 Å². The highest BCUT2D eigenvalue weighted by atomic mass is 32.2. The molecule has 152 valence electrons. The fraction of sp³-hybridized carbons (Fsp3) is 0.400. The molecule has 2 nitrogen and oxygen atoms in total. The summed E-state index contributed by atoms with van der Waals surface area (Å²) in [7, 11) is 0. The van der Waals surface area contributed by atoms with Crippen molar-refractivity contribution in [2.45, 2.75) is 51.9 Å². The Morgan fingerprint density at radius 2 is 1.71 bits per heavy atom. The van der Waals surface area contributed by atoms with Crippen molar-refractivity contribution >= 4 is 11.8 Å². The third kappa shape index (κ3) is 10.3. The zero-order valence-corrected chi connectivity index (χ0v) is 19.1. The number of rotatable bonds is 4. The van der Waals surface area contributed by atoms with Gasteiger partial charge in [-0.15, -0.1) is 18.3 Å². The Morgan fingerprint density at radius 3 is 2.11 bits per heavy atom. The van der Waals surface area contributed by atoms with Crippen molar-refractivity contribution in [2.75, 3.05) is 12.8 Å². The van der Waals surface area contributed by atoms with E-state index in [1.54, 1.807) is 11.8 Å². The molecule has 0 aliphatic heterocycles. The molecule has 2 aromatic rings. The van der Waals surface area contributed by atoms with E-state index in [9.17, 15) is 0 Å². The van der Waals surface area contributed by atoms with Gasteiger partial charge in [-0.25, -0.2) is 0 Å². The molecule has 0 spiro atoms. The van der Waals surface area contributed by atoms with Gasteiger partial charge < -0.3 is 5.73 Å². The van der Waals surface area contributed by atoms with E-state index in [2.05, 4.69) is 83.9 Å². The molecule has 0 saturated carbocycles. The van der Waals surface area contributed by atoms with Crippen LogP contribution in [0.5, 0.6) is 0 Å². The average Bonchev–Trinajstić information content (AvgIpc) is 2.73. The molecule has 1 atom stereocenters. The molecular weight excluding hydrogens is 360 g/mol. The third-order valence-electron chi connectivity index (χ3n) is 4.03. The third-order valence-corrected chi connectivity index (χ3v) is 4.82. The Morgan fingerprint density at radius 1 is 1.18 bits per heavy atom. The molecule has 0 bridgehead atoms. The van der Waals surface area contributed by atoms with Crippen LogP contribution in [0.25, 0.3) is 0 Å². The standard InChI is InChI=1S/C16H15NS.C5H13N.C4H8/c1-12(14-6-4-3-5-7-14)15-9-8-13(11-17)10-16(15)18-2;1-5(2,3)4-6;1-3-4-2/h3-10,12H,1-2H3;4,6H2,1-3H3;3H,1,4H2,2H3. The Balaban J connectivity index is 0.000000608. The summed E-state index contributed by atoms with van der Waals surface area (Å²) in [5, 5.41) is 8.94. The van der Waals surface area contributed by atoms with Gasteiger partial charge in [0.15, 0.2) is 0 Å². The van der Waals surface area contributed by atoms with Crippen LogP contribution in [0.1, 0.15) is 63.6 Å². The second-order valence-corrected chi connectivity index (χ2v) is 8.51. The quantitative estimate of drug-likeness (QED) is 0.447. The van der Waals surface area contributed by atoms with Crippen molar-refractivity contribution < 1.29 is 0 Å². The molecule has 0 saturated heterocycles. The van der Waals surface area contributed by atoms with Crippen molar-refractivity contribution in [3.8, 4) is 6.07 Å². The fourth-order valence-corrected chi connectivity index (χ4v) is 2.79. The molecule has 28 heavy (non-hydrogen) atoms. The SMILES string of the molecule is C=CCC.CC(C)(C)CN.CSc1cc(C#N)ccc1C(C)c1ccccc1. The van der Waals surface area contributed by atoms with Gasteiger partial charge in [-0.3, -0.25) is 0 Å². The van der Waals surface area contributed by atoms with Gasteiger partial charge in [0.1, 0.15) is 0 Å². The number of nitriles is 1. The van der Waals surface area contributed by atoms with Crippen LogP contribution in [0.15, 0.2) is 66.1 Å². The predicted octanol–water partition coefficient (Wildman–Crippen LogP) is 7.01. The minimum absolute atomic E-state index is 0.319. The molecule has 1 unspecified atom stereocenters. The molecule has 2 aromatic carbocycles. The largest absolute Gasteiger partial charge is 0.330 e. The molecule has 0 heterocycles. The summed E-state index contributed by atoms with van der Waals surface area (Å²) in [6.07, 6.45) is 5.01. The lowest BCUT2D eigenvalue weighted by molar-refractivity contribution is 0.428. The van der Waals surface area contributed by atoms with Crippen LogP contribution in [0, 0.1) is 16.7 Å². The summed E-state index contributed by atoms with van der Waals surface area (Å²) in [5.74, 6) is 0.349. The predicted molar refractivity (Wildman–Crippen MR) is 126 cm³/mol. The minimum Gasteiger partial charge on any atom is -0.330 e. The van der Waals surface area contributed by atoms with Crippen LogP contribution < -0.4 is 5.73 Å². The number of benzene rings is 2. The van der Waals surface area contributed by atoms with E-state index < -0.39 is 0 Å². The van der Waals surface area contributed by atoms with Crippen molar-refractivity contribution in [3.05, 3.63) is 77.9 Å². The summed E-state index contributed by atoms with van der Waals surface area (Å²) in [6, 6.07) is 18.6. The summed E-state index contributed by atoms with van der Waals surface area (Å²) in [5.41, 5.74) is 8.94. The van der Waals surface area contributed by atoms with Gasteiger partial charge in [-0.1, -0.05) is 77.1 Å². The molecule has 2 N–H and O–H groups in total. The van der Waals surface area contributed by atoms with Crippen LogP contribution >= 0.6 is 11.8 Å². The number of hydrogen-bond donors (Lipinski definition) is 1. The van der Waals surface area contributed by atoms with Crippen molar-refractivity contribution in [2.24, 2.45) is 11.1 Å². The first kappa shape index (κ1) is 26.0. The molecule has 0 radical (unpaired) electrons. The van der Waals surface area contributed by atoms with Crippen molar-refractivity contribution in [3.63, 3.8) is 0 Å². The highest BCUT2D eigenvalue weighted by molar-refractivity contribution is 7.98. The van der Waals surface area contributed by atoms with E-state index >= 15 is 0 Å². The van der Waals surface area contributed by atoms with Gasteiger partial charge in [-0.2, -0.15) is 5.26 Å². The molecule has 3 heteroatoms. The lowest BCUT2D eigenvalue weighted by atomic mass is 9.92. The lowest BCUT2D eigenvalue weighted by Gasteiger charge is -2.16. The first-order valence-corrected chi connectivity index (χ1v) is 10.9. The Hall–Kier alpha value is -2.02. The van der Waals surface area contributed by atoms with Gasteiger partial charge in [0.2, 0.25) is 0 Å². The molecule has 0 aliphatic rings. The lowest BCUT2D eigenvalue weighted by Crippen LogP contribution is -2.18. The highest BCUT2D eigenvalue weighted by Gasteiger charge is 2.12. The van der Waals surface area contributed by atoms with E-state index in [1.807, 2.05) is 24.3 Å². The number of nitrogens with zero attached hydrogens (tertiary/aromatic N) is 1. The topological polar surface area (TPSA) is 49.8 Å². The zero-order chi connectivity index (χ0) is 21.6. The van der Waals surface area contributed by atoms with E-state index in [1.165, 1.54) is 16.0 Å². The first-order chi connectivity index (χ1) is 13.2. The van der Waals surface area contributed by atoms with E-state index in [0.717, 1.165) is 18.5 Å². The Bertz CT molecular complexity index is 724. The second kappa shape index (κ2) is 14.0. The van der Waals surface area contributed by atoms with Gasteiger partial charge in [0.05, 0.1) is 11.6 Å². The molecule has 0 aromatic heterocycles. The summed E-state index contributed by atoms with van der Waals surface area (Å²) in [4.78, 5) is 1.19. The maximum atomic E-state index is 8.94. The summed E-state index contributed by atoms with van der Waals surface area (Å²) >= 11 is 1.70. The average molecular weight is 397 g/mol. The van der Waals surface area contributed by atoms with Crippen molar-refractivity contribution in [1.29, 1.82) is 5.26 Å². The number of allylic oxidation sites excluding steroid dienone is 1. The highest BCUT2D eigenvalue weighted by Crippen LogP contribution is 2.32. The van der Waals surface area contributed by atoms with Crippen LogP contribution in [0.4, 0.5) is 0 Å². The summed E-state index contributed by atoms with van der Waals surface area (Å²) < 4.78 is 0. The van der Waals surface area contributed by atoms with Crippen molar-refractivity contribution in [1.82, 2.24) is 0 Å². The number of thioether (sulfide) groups is 1. The maximum Gasteiger partial charge on any atom is 0.0992 e. The molecule has 0 fully saturated rings. The van der Waals surface area contributed by atoms with Gasteiger partial charge in [0.25, 0.3) is 0 Å². The second-order valence-electron chi connectivity index (χ2n) is 7.66. The monoisotopic (exact) mass is 396 g/mol. The fourth-order valence-electron chi connectivity index (χ4n) is 2.06. The van der Waals surface area contributed by atoms with Crippen LogP contribution in [-0.4, -0.2) is 12.8 Å². The molecule has 2 rings (SSSR count). The maximum absolute atomic E-state index is 8.94. The van der Waals surface area contributed by atoms with Crippen LogP contribution in [0.2, 0.25) is 0 Å². The van der Waals surface area contributed by atoms with Gasteiger partial charge in [-0.05, 0) is 47.9 Å². The van der Waals surface area contributed by atoms with E-state index in [-0.39, 0.29) is 0 Å². The molecule has 0 aliphatic carbocycles. The van der Waals surface area contributed by atoms with Crippen LogP contribution in [-0.2, 0) is 0 Å². The normalized spacial score (nSPS) is 11.1. The van der Waals surface area contributed by atoms with Gasteiger partial charge >= 0.3 is 0 Å².